The lowest BCUT2D eigenvalue weighted by molar-refractivity contribution is 0.262. The van der Waals surface area contributed by atoms with E-state index in [1.807, 2.05) is 36.4 Å². The summed E-state index contributed by atoms with van der Waals surface area (Å²) >= 11 is 0. The molecule has 2 aromatic carbocycles. The van der Waals surface area contributed by atoms with E-state index >= 15 is 0 Å². The number of nitrogens with zero attached hydrogens (tertiary/aromatic N) is 1. The summed E-state index contributed by atoms with van der Waals surface area (Å²) in [5, 5.41) is 13.3. The highest BCUT2D eigenvalue weighted by Gasteiger charge is 2.10. The van der Waals surface area contributed by atoms with Gasteiger partial charge in [-0.3, -0.25) is 10.4 Å². The largest absolute Gasteiger partial charge is 0.495 e. The molecule has 0 aliphatic carbocycles. The minimum Gasteiger partial charge on any atom is -0.495 e. The lowest BCUT2D eigenvalue weighted by Gasteiger charge is -2.09. The van der Waals surface area contributed by atoms with Crippen molar-refractivity contribution in [1.29, 1.82) is 0 Å². The van der Waals surface area contributed by atoms with Crippen molar-refractivity contribution < 1.29 is 9.53 Å². The summed E-state index contributed by atoms with van der Waals surface area (Å²) in [7, 11) is 1.56. The lowest BCUT2D eigenvalue weighted by Crippen LogP contribution is -2.20. The van der Waals surface area contributed by atoms with Crippen LogP contribution < -0.4 is 15.4 Å². The van der Waals surface area contributed by atoms with Crippen LogP contribution in [0.25, 0.3) is 10.9 Å². The van der Waals surface area contributed by atoms with E-state index in [0.717, 1.165) is 10.9 Å². The molecule has 1 heterocycles. The summed E-state index contributed by atoms with van der Waals surface area (Å²) in [4.78, 5) is 12.1. The standard InChI is InChI=1S/C15H14N4O2/c1-21-13-9-5-4-8-12(13)16-15(20)17-14-10-6-2-3-7-11(10)18-19-14/h2-9H,1H3,(H3,16,17,18,19,20). The number of urea groups is 1. The first-order valence-corrected chi connectivity index (χ1v) is 6.42. The van der Waals surface area contributed by atoms with Gasteiger partial charge >= 0.3 is 6.03 Å². The monoisotopic (exact) mass is 282 g/mol. The third-order valence-corrected chi connectivity index (χ3v) is 3.06. The van der Waals surface area contributed by atoms with Gasteiger partial charge in [0.1, 0.15) is 5.75 Å². The number of hydrogen-bond acceptors (Lipinski definition) is 3. The maximum atomic E-state index is 12.1. The van der Waals surface area contributed by atoms with Gasteiger partial charge in [0.25, 0.3) is 0 Å². The summed E-state index contributed by atoms with van der Waals surface area (Å²) in [5.74, 6) is 1.08. The molecular formula is C15H14N4O2. The van der Waals surface area contributed by atoms with E-state index in [-0.39, 0.29) is 6.03 Å². The average molecular weight is 282 g/mol. The molecule has 21 heavy (non-hydrogen) atoms. The minimum absolute atomic E-state index is 0.378. The van der Waals surface area contributed by atoms with E-state index in [1.165, 1.54) is 0 Å². The zero-order chi connectivity index (χ0) is 14.7. The number of ether oxygens (including phenoxy) is 1. The summed E-state index contributed by atoms with van der Waals surface area (Å²) in [6.07, 6.45) is 0. The van der Waals surface area contributed by atoms with Gasteiger partial charge in [-0.15, -0.1) is 0 Å². The van der Waals surface area contributed by atoms with E-state index in [1.54, 1.807) is 19.2 Å². The Morgan fingerprint density at radius 3 is 2.71 bits per heavy atom. The zero-order valence-electron chi connectivity index (χ0n) is 11.4. The third kappa shape index (κ3) is 2.64. The number of aromatic amines is 1. The number of rotatable bonds is 3. The van der Waals surface area contributed by atoms with Crippen LogP contribution in [0.3, 0.4) is 0 Å². The van der Waals surface area contributed by atoms with Crippen LogP contribution in [0.2, 0.25) is 0 Å². The van der Waals surface area contributed by atoms with Crippen LogP contribution in [0, 0.1) is 0 Å². The Kier molecular flexibility index (Phi) is 3.42. The van der Waals surface area contributed by atoms with Crippen molar-refractivity contribution in [3.05, 3.63) is 48.5 Å². The maximum Gasteiger partial charge on any atom is 0.325 e. The minimum atomic E-state index is -0.378. The van der Waals surface area contributed by atoms with E-state index in [9.17, 15) is 4.79 Å². The molecule has 0 unspecified atom stereocenters. The van der Waals surface area contributed by atoms with Crippen molar-refractivity contribution in [2.45, 2.75) is 0 Å². The number of aromatic nitrogens is 2. The van der Waals surface area contributed by atoms with Crippen LogP contribution in [0.4, 0.5) is 16.3 Å². The smallest absolute Gasteiger partial charge is 0.325 e. The van der Waals surface area contributed by atoms with Gasteiger partial charge < -0.3 is 10.1 Å². The number of carbonyl (C=O) groups is 1. The van der Waals surface area contributed by atoms with E-state index < -0.39 is 0 Å². The molecule has 3 aromatic rings. The number of fused-ring (bicyclic) bond motifs is 1. The predicted octanol–water partition coefficient (Wildman–Crippen LogP) is 3.22. The van der Waals surface area contributed by atoms with Gasteiger partial charge in [0, 0.05) is 5.39 Å². The summed E-state index contributed by atoms with van der Waals surface area (Å²) < 4.78 is 5.19. The molecule has 0 spiro atoms. The average Bonchev–Trinajstić information content (AvgIpc) is 2.91. The SMILES string of the molecule is COc1ccccc1NC(=O)Nc1n[nH]c2ccccc12. The highest BCUT2D eigenvalue weighted by molar-refractivity contribution is 6.04. The lowest BCUT2D eigenvalue weighted by atomic mass is 10.2. The highest BCUT2D eigenvalue weighted by Crippen LogP contribution is 2.24. The summed E-state index contributed by atoms with van der Waals surface area (Å²) in [6.45, 7) is 0. The normalized spacial score (nSPS) is 10.3. The fraction of sp³-hybridized carbons (Fsp3) is 0.0667. The fourth-order valence-electron chi connectivity index (χ4n) is 2.07. The summed E-state index contributed by atoms with van der Waals surface area (Å²) in [5.41, 5.74) is 1.46. The van der Waals surface area contributed by atoms with Crippen molar-refractivity contribution in [3.63, 3.8) is 0 Å². The number of methoxy groups -OCH3 is 1. The molecule has 0 saturated heterocycles. The third-order valence-electron chi connectivity index (χ3n) is 3.06. The number of para-hydroxylation sites is 3. The quantitative estimate of drug-likeness (QED) is 0.690. The molecule has 106 valence electrons. The van der Waals surface area contributed by atoms with Crippen LogP contribution in [-0.2, 0) is 0 Å². The number of H-pyrrole nitrogens is 1. The fourth-order valence-corrected chi connectivity index (χ4v) is 2.07. The van der Waals surface area contributed by atoms with Crippen molar-refractivity contribution in [2.75, 3.05) is 17.7 Å². The molecule has 6 nitrogen and oxygen atoms in total. The molecule has 0 radical (unpaired) electrons. The van der Waals surface area contributed by atoms with Gasteiger partial charge in [-0.05, 0) is 24.3 Å². The topological polar surface area (TPSA) is 79.0 Å². The van der Waals surface area contributed by atoms with E-state index in [2.05, 4.69) is 20.8 Å². The van der Waals surface area contributed by atoms with Crippen molar-refractivity contribution in [2.24, 2.45) is 0 Å². The van der Waals surface area contributed by atoms with Crippen molar-refractivity contribution in [3.8, 4) is 5.75 Å². The Morgan fingerprint density at radius 2 is 1.86 bits per heavy atom. The molecule has 0 aliphatic rings. The second-order valence-electron chi connectivity index (χ2n) is 4.40. The van der Waals surface area contributed by atoms with Gasteiger partial charge in [-0.1, -0.05) is 24.3 Å². The zero-order valence-corrected chi connectivity index (χ0v) is 11.4. The molecule has 1 aromatic heterocycles. The summed E-state index contributed by atoms with van der Waals surface area (Å²) in [6, 6.07) is 14.4. The highest BCUT2D eigenvalue weighted by atomic mass is 16.5. The van der Waals surface area contributed by atoms with Crippen molar-refractivity contribution >= 4 is 28.4 Å². The number of nitrogens with one attached hydrogen (secondary N) is 3. The second kappa shape index (κ2) is 5.54. The number of benzene rings is 2. The van der Waals surface area contributed by atoms with Crippen molar-refractivity contribution in [1.82, 2.24) is 10.2 Å². The van der Waals surface area contributed by atoms with Gasteiger partial charge in [-0.25, -0.2) is 4.79 Å². The number of hydrogen-bond donors (Lipinski definition) is 3. The van der Waals surface area contributed by atoms with Gasteiger partial charge in [0.05, 0.1) is 18.3 Å². The molecule has 6 heteroatoms. The maximum absolute atomic E-state index is 12.1. The number of amides is 2. The Labute approximate surface area is 121 Å². The van der Waals surface area contributed by atoms with Crippen LogP contribution in [0.15, 0.2) is 48.5 Å². The molecule has 2 amide bonds. The van der Waals surface area contributed by atoms with Crippen LogP contribution in [0.1, 0.15) is 0 Å². The van der Waals surface area contributed by atoms with Crippen LogP contribution in [0.5, 0.6) is 5.75 Å². The first-order chi connectivity index (χ1) is 10.3. The Morgan fingerprint density at radius 1 is 1.10 bits per heavy atom. The Bertz CT molecular complexity index is 782. The van der Waals surface area contributed by atoms with Crippen LogP contribution >= 0.6 is 0 Å². The van der Waals surface area contributed by atoms with Gasteiger partial charge in [-0.2, -0.15) is 5.10 Å². The van der Waals surface area contributed by atoms with Crippen LogP contribution in [-0.4, -0.2) is 23.3 Å². The molecule has 0 atom stereocenters. The first-order valence-electron chi connectivity index (χ1n) is 6.42. The molecule has 0 fully saturated rings. The molecular weight excluding hydrogens is 268 g/mol. The Hall–Kier alpha value is -3.02. The second-order valence-corrected chi connectivity index (χ2v) is 4.40. The van der Waals surface area contributed by atoms with E-state index in [0.29, 0.717) is 17.3 Å². The van der Waals surface area contributed by atoms with Gasteiger partial charge in [0.15, 0.2) is 5.82 Å². The molecule has 0 bridgehead atoms. The number of carbonyl (C=O) groups excluding carboxylic acids is 1. The predicted molar refractivity (Wildman–Crippen MR) is 81.7 cm³/mol. The molecule has 3 N–H and O–H groups in total. The Balaban J connectivity index is 1.77. The van der Waals surface area contributed by atoms with E-state index in [4.69, 9.17) is 4.74 Å². The first kappa shape index (κ1) is 13.0. The molecule has 0 saturated carbocycles. The molecule has 0 aliphatic heterocycles. The van der Waals surface area contributed by atoms with Gasteiger partial charge in [0.2, 0.25) is 0 Å². The number of anilines is 2. The molecule has 3 rings (SSSR count).